The highest BCUT2D eigenvalue weighted by Gasteiger charge is 2.12. The maximum Gasteiger partial charge on any atom is 0.250 e. The normalized spacial score (nSPS) is 10.9. The van der Waals surface area contributed by atoms with Gasteiger partial charge >= 0.3 is 0 Å². The lowest BCUT2D eigenvalue weighted by Crippen LogP contribution is -2.19. The van der Waals surface area contributed by atoms with Gasteiger partial charge in [-0.15, -0.1) is 0 Å². The quantitative estimate of drug-likeness (QED) is 0.112. The first-order valence-electron chi connectivity index (χ1n) is 9.86. The number of carbonyl (C=O) groups excluding carboxylic acids is 1. The summed E-state index contributed by atoms with van der Waals surface area (Å²) in [5, 5.41) is 4.61. The Morgan fingerprint density at radius 2 is 1.88 bits per heavy atom. The fraction of sp³-hybridized carbons (Fsp3) is 0.217. The average molecular weight is 641 g/mol. The van der Waals surface area contributed by atoms with E-state index < -0.39 is 0 Å². The molecule has 0 aliphatic heterocycles. The van der Waals surface area contributed by atoms with Crippen LogP contribution in [0.4, 0.5) is 0 Å². The molecule has 3 rings (SSSR count). The number of benzene rings is 2. The first kappa shape index (κ1) is 25.4. The van der Waals surface area contributed by atoms with Crippen molar-refractivity contribution in [3.8, 4) is 11.5 Å². The molecule has 1 N–H and O–H groups in total. The minimum absolute atomic E-state index is 0.165. The number of halogens is 2. The average Bonchev–Trinajstić information content (AvgIpc) is 2.77. The van der Waals surface area contributed by atoms with Crippen LogP contribution in [0.1, 0.15) is 22.5 Å². The van der Waals surface area contributed by atoms with Crippen LogP contribution in [0.2, 0.25) is 0 Å². The molecule has 3 aromatic rings. The summed E-state index contributed by atoms with van der Waals surface area (Å²) in [7, 11) is 1.58. The van der Waals surface area contributed by atoms with E-state index in [4.69, 9.17) is 9.47 Å². The van der Waals surface area contributed by atoms with E-state index in [0.29, 0.717) is 23.3 Å². The van der Waals surface area contributed by atoms with Crippen molar-refractivity contribution in [3.63, 3.8) is 0 Å². The SMILES string of the molecule is COc1cc(/C=N\NC(=O)CSc2nc(C)cc(C)n2)cc(Br)c1OCc1ccc(I)cc1. The molecular weight excluding hydrogens is 619 g/mol. The molecule has 0 unspecified atom stereocenters. The van der Waals surface area contributed by atoms with Crippen molar-refractivity contribution in [1.82, 2.24) is 15.4 Å². The van der Waals surface area contributed by atoms with Gasteiger partial charge in [-0.3, -0.25) is 4.79 Å². The molecule has 0 saturated heterocycles. The molecule has 0 aliphatic rings. The maximum atomic E-state index is 12.1. The Kier molecular flexibility index (Phi) is 9.51. The number of thioether (sulfide) groups is 1. The molecule has 0 fully saturated rings. The van der Waals surface area contributed by atoms with Crippen LogP contribution < -0.4 is 14.9 Å². The van der Waals surface area contributed by atoms with Crippen LogP contribution in [-0.2, 0) is 11.4 Å². The van der Waals surface area contributed by atoms with E-state index in [0.717, 1.165) is 27.0 Å². The zero-order chi connectivity index (χ0) is 23.8. The summed E-state index contributed by atoms with van der Waals surface area (Å²) in [6.45, 7) is 4.21. The van der Waals surface area contributed by atoms with Crippen LogP contribution in [0, 0.1) is 17.4 Å². The number of ether oxygens (including phenoxy) is 2. The molecule has 10 heteroatoms. The molecule has 0 saturated carbocycles. The van der Waals surface area contributed by atoms with Gasteiger partial charge in [-0.25, -0.2) is 15.4 Å². The van der Waals surface area contributed by atoms with Gasteiger partial charge in [0.05, 0.1) is 23.5 Å². The Hall–Kier alpha value is -2.18. The van der Waals surface area contributed by atoms with Crippen molar-refractivity contribution in [2.75, 3.05) is 12.9 Å². The molecular formula is C23H22BrIN4O3S. The van der Waals surface area contributed by atoms with E-state index >= 15 is 0 Å². The predicted octanol–water partition coefficient (Wildman–Crippen LogP) is 5.29. The number of rotatable bonds is 9. The first-order chi connectivity index (χ1) is 15.8. The molecule has 0 atom stereocenters. The van der Waals surface area contributed by atoms with Crippen molar-refractivity contribution in [3.05, 3.63) is 73.0 Å². The highest BCUT2D eigenvalue weighted by molar-refractivity contribution is 14.1. The Bertz CT molecular complexity index is 1140. The molecule has 172 valence electrons. The Morgan fingerprint density at radius 3 is 2.55 bits per heavy atom. The number of amides is 1. The van der Waals surface area contributed by atoms with E-state index in [-0.39, 0.29) is 11.7 Å². The van der Waals surface area contributed by atoms with Gasteiger partial charge in [0.2, 0.25) is 0 Å². The number of carbonyl (C=O) groups is 1. The molecule has 2 aromatic carbocycles. The molecule has 0 bridgehead atoms. The van der Waals surface area contributed by atoms with Crippen molar-refractivity contribution in [1.29, 1.82) is 0 Å². The third kappa shape index (κ3) is 7.97. The van der Waals surface area contributed by atoms with Crippen LogP contribution in [0.15, 0.2) is 57.2 Å². The zero-order valence-electron chi connectivity index (χ0n) is 18.3. The number of nitrogens with zero attached hydrogens (tertiary/aromatic N) is 3. The molecule has 0 radical (unpaired) electrons. The lowest BCUT2D eigenvalue weighted by molar-refractivity contribution is -0.118. The largest absolute Gasteiger partial charge is 0.493 e. The Balaban J connectivity index is 1.58. The number of methoxy groups -OCH3 is 1. The molecule has 1 aromatic heterocycles. The number of hydrogen-bond acceptors (Lipinski definition) is 7. The lowest BCUT2D eigenvalue weighted by Gasteiger charge is -2.13. The van der Waals surface area contributed by atoms with Crippen molar-refractivity contribution in [2.24, 2.45) is 5.10 Å². The van der Waals surface area contributed by atoms with Crippen LogP contribution in [0.25, 0.3) is 0 Å². The van der Waals surface area contributed by atoms with E-state index in [1.165, 1.54) is 15.3 Å². The van der Waals surface area contributed by atoms with Crippen LogP contribution in [0.5, 0.6) is 11.5 Å². The summed E-state index contributed by atoms with van der Waals surface area (Å²) in [6.07, 6.45) is 1.55. The third-order valence-electron chi connectivity index (χ3n) is 4.25. The van der Waals surface area contributed by atoms with Crippen molar-refractivity contribution >= 4 is 62.4 Å². The summed E-state index contributed by atoms with van der Waals surface area (Å²) in [5.41, 5.74) is 6.06. The number of hydrogen-bond donors (Lipinski definition) is 1. The zero-order valence-corrected chi connectivity index (χ0v) is 22.8. The molecule has 0 spiro atoms. The summed E-state index contributed by atoms with van der Waals surface area (Å²) < 4.78 is 13.4. The first-order valence-corrected chi connectivity index (χ1v) is 12.7. The van der Waals surface area contributed by atoms with E-state index in [1.54, 1.807) is 19.4 Å². The number of aryl methyl sites for hydroxylation is 2. The second-order valence-electron chi connectivity index (χ2n) is 6.96. The molecule has 1 heterocycles. The van der Waals surface area contributed by atoms with Gasteiger partial charge in [0.25, 0.3) is 5.91 Å². The summed E-state index contributed by atoms with van der Waals surface area (Å²) >= 11 is 7.07. The highest BCUT2D eigenvalue weighted by atomic mass is 127. The smallest absolute Gasteiger partial charge is 0.250 e. The molecule has 33 heavy (non-hydrogen) atoms. The van der Waals surface area contributed by atoms with Gasteiger partial charge in [-0.2, -0.15) is 5.10 Å². The van der Waals surface area contributed by atoms with Gasteiger partial charge < -0.3 is 9.47 Å². The topological polar surface area (TPSA) is 85.7 Å². The Labute approximate surface area is 219 Å². The van der Waals surface area contributed by atoms with Crippen molar-refractivity contribution in [2.45, 2.75) is 25.6 Å². The van der Waals surface area contributed by atoms with E-state index in [1.807, 2.05) is 50.2 Å². The van der Waals surface area contributed by atoms with Crippen LogP contribution >= 0.6 is 50.3 Å². The van der Waals surface area contributed by atoms with Crippen LogP contribution in [-0.4, -0.2) is 35.0 Å². The fourth-order valence-electron chi connectivity index (χ4n) is 2.79. The van der Waals surface area contributed by atoms with Gasteiger partial charge in [0.1, 0.15) is 6.61 Å². The maximum absolute atomic E-state index is 12.1. The van der Waals surface area contributed by atoms with Crippen LogP contribution in [0.3, 0.4) is 0 Å². The predicted molar refractivity (Wildman–Crippen MR) is 142 cm³/mol. The molecule has 0 aliphatic carbocycles. The number of nitrogens with one attached hydrogen (secondary N) is 1. The third-order valence-corrected chi connectivity index (χ3v) is 6.40. The highest BCUT2D eigenvalue weighted by Crippen LogP contribution is 2.36. The van der Waals surface area contributed by atoms with Gasteiger partial charge in [-0.05, 0) is 93.8 Å². The van der Waals surface area contributed by atoms with Gasteiger partial charge in [-0.1, -0.05) is 23.9 Å². The van der Waals surface area contributed by atoms with Gasteiger partial charge in [0.15, 0.2) is 16.7 Å². The monoisotopic (exact) mass is 640 g/mol. The Morgan fingerprint density at radius 1 is 1.18 bits per heavy atom. The fourth-order valence-corrected chi connectivity index (χ4v) is 4.47. The number of aromatic nitrogens is 2. The molecule has 1 amide bonds. The van der Waals surface area contributed by atoms with E-state index in [9.17, 15) is 4.79 Å². The van der Waals surface area contributed by atoms with Gasteiger partial charge in [0, 0.05) is 15.0 Å². The minimum atomic E-state index is -0.248. The second-order valence-corrected chi connectivity index (χ2v) is 10.0. The summed E-state index contributed by atoms with van der Waals surface area (Å²) in [5.74, 6) is 1.08. The number of hydrazone groups is 1. The summed E-state index contributed by atoms with van der Waals surface area (Å²) in [6, 6.07) is 13.6. The standard InChI is InChI=1S/C23H22BrIN4O3S/c1-14-8-15(2)28-23(27-14)33-13-21(30)29-26-11-17-9-19(24)22(20(10-17)31-3)32-12-16-4-6-18(25)7-5-16/h4-11H,12-13H2,1-3H3,(H,29,30)/b26-11-. The minimum Gasteiger partial charge on any atom is -0.493 e. The molecule has 7 nitrogen and oxygen atoms in total. The lowest BCUT2D eigenvalue weighted by atomic mass is 10.2. The van der Waals surface area contributed by atoms with Crippen molar-refractivity contribution < 1.29 is 14.3 Å². The second kappa shape index (κ2) is 12.3. The summed E-state index contributed by atoms with van der Waals surface area (Å²) in [4.78, 5) is 20.7. The van der Waals surface area contributed by atoms with E-state index in [2.05, 4.69) is 59.0 Å².